The minimum absolute atomic E-state index is 0.230. The van der Waals surface area contributed by atoms with Gasteiger partial charge < -0.3 is 10.4 Å². The highest BCUT2D eigenvalue weighted by Crippen LogP contribution is 2.24. The third kappa shape index (κ3) is 4.02. The summed E-state index contributed by atoms with van der Waals surface area (Å²) in [6.07, 6.45) is 2.54. The maximum Gasteiger partial charge on any atom is 0.0592 e. The molecule has 0 amide bonds. The lowest BCUT2D eigenvalue weighted by atomic mass is 10.1. The second kappa shape index (κ2) is 5.89. The SMILES string of the molecule is Cc1ccc(SCC(CO)NC2CC2)cc1C. The standard InChI is InChI=1S/C14H21NOS/c1-10-3-6-14(7-11(10)2)17-9-13(8-16)15-12-4-5-12/h3,6-7,12-13,15-16H,4-5,8-9H2,1-2H3. The summed E-state index contributed by atoms with van der Waals surface area (Å²) in [4.78, 5) is 1.30. The number of rotatable bonds is 6. The van der Waals surface area contributed by atoms with Crippen LogP contribution in [0.1, 0.15) is 24.0 Å². The molecule has 2 rings (SSSR count). The Morgan fingerprint density at radius 2 is 2.12 bits per heavy atom. The molecule has 94 valence electrons. The lowest BCUT2D eigenvalue weighted by molar-refractivity contribution is 0.253. The van der Waals surface area contributed by atoms with Gasteiger partial charge >= 0.3 is 0 Å². The predicted octanol–water partition coefficient (Wildman–Crippen LogP) is 2.51. The van der Waals surface area contributed by atoms with Crippen LogP contribution in [0.15, 0.2) is 23.1 Å². The van der Waals surface area contributed by atoms with Gasteiger partial charge in [0.2, 0.25) is 0 Å². The molecule has 0 aliphatic heterocycles. The fraction of sp³-hybridized carbons (Fsp3) is 0.571. The molecule has 1 fully saturated rings. The van der Waals surface area contributed by atoms with Gasteiger partial charge in [-0.15, -0.1) is 11.8 Å². The van der Waals surface area contributed by atoms with Gasteiger partial charge in [0.25, 0.3) is 0 Å². The Morgan fingerprint density at radius 3 is 2.71 bits per heavy atom. The first-order chi connectivity index (χ1) is 8.19. The first kappa shape index (κ1) is 12.9. The first-order valence-electron chi connectivity index (χ1n) is 6.26. The fourth-order valence-corrected chi connectivity index (χ4v) is 2.76. The number of hydrogen-bond acceptors (Lipinski definition) is 3. The molecule has 0 heterocycles. The van der Waals surface area contributed by atoms with E-state index in [0.29, 0.717) is 6.04 Å². The molecular formula is C14H21NOS. The lowest BCUT2D eigenvalue weighted by Crippen LogP contribution is -2.36. The Kier molecular flexibility index (Phi) is 4.48. The van der Waals surface area contributed by atoms with Crippen molar-refractivity contribution in [3.63, 3.8) is 0 Å². The second-order valence-corrected chi connectivity index (χ2v) is 5.97. The Hall–Kier alpha value is -0.510. The summed E-state index contributed by atoms with van der Waals surface area (Å²) in [7, 11) is 0. The number of thioether (sulfide) groups is 1. The molecule has 2 N–H and O–H groups in total. The number of benzene rings is 1. The van der Waals surface area contributed by atoms with E-state index in [1.54, 1.807) is 0 Å². The molecule has 1 atom stereocenters. The van der Waals surface area contributed by atoms with E-state index >= 15 is 0 Å². The summed E-state index contributed by atoms with van der Waals surface area (Å²) < 4.78 is 0. The number of nitrogens with one attached hydrogen (secondary N) is 1. The molecule has 1 aliphatic carbocycles. The summed E-state index contributed by atoms with van der Waals surface area (Å²) >= 11 is 1.82. The summed E-state index contributed by atoms with van der Waals surface area (Å²) in [5.41, 5.74) is 2.68. The highest BCUT2D eigenvalue weighted by molar-refractivity contribution is 7.99. The minimum atomic E-state index is 0.230. The van der Waals surface area contributed by atoms with E-state index in [1.165, 1.54) is 28.9 Å². The van der Waals surface area contributed by atoms with Gasteiger partial charge in [-0.05, 0) is 49.9 Å². The van der Waals surface area contributed by atoms with Crippen molar-refractivity contribution in [3.05, 3.63) is 29.3 Å². The Morgan fingerprint density at radius 1 is 1.35 bits per heavy atom. The van der Waals surface area contributed by atoms with Gasteiger partial charge in [-0.3, -0.25) is 0 Å². The summed E-state index contributed by atoms with van der Waals surface area (Å²) in [6.45, 7) is 4.51. The maximum atomic E-state index is 9.30. The van der Waals surface area contributed by atoms with E-state index in [4.69, 9.17) is 0 Å². The van der Waals surface area contributed by atoms with Crippen LogP contribution in [0.3, 0.4) is 0 Å². The molecule has 0 spiro atoms. The van der Waals surface area contributed by atoms with E-state index in [0.717, 1.165) is 5.75 Å². The predicted molar refractivity (Wildman–Crippen MR) is 73.7 cm³/mol. The monoisotopic (exact) mass is 251 g/mol. The van der Waals surface area contributed by atoms with E-state index in [9.17, 15) is 5.11 Å². The van der Waals surface area contributed by atoms with Crippen molar-refractivity contribution in [2.45, 2.75) is 43.7 Å². The average Bonchev–Trinajstić information content (AvgIpc) is 3.12. The van der Waals surface area contributed by atoms with Crippen molar-refractivity contribution in [1.29, 1.82) is 0 Å². The van der Waals surface area contributed by atoms with E-state index in [-0.39, 0.29) is 12.6 Å². The highest BCUT2D eigenvalue weighted by Gasteiger charge is 2.24. The van der Waals surface area contributed by atoms with Crippen molar-refractivity contribution in [3.8, 4) is 0 Å². The number of aryl methyl sites for hydroxylation is 2. The topological polar surface area (TPSA) is 32.3 Å². The Bertz CT molecular complexity index is 376. The Balaban J connectivity index is 1.84. The van der Waals surface area contributed by atoms with Gasteiger partial charge in [-0.25, -0.2) is 0 Å². The zero-order chi connectivity index (χ0) is 12.3. The molecule has 0 bridgehead atoms. The van der Waals surface area contributed by atoms with Crippen molar-refractivity contribution < 1.29 is 5.11 Å². The molecule has 0 aromatic heterocycles. The summed E-state index contributed by atoms with van der Waals surface area (Å²) in [5.74, 6) is 0.940. The smallest absolute Gasteiger partial charge is 0.0592 e. The molecule has 1 unspecified atom stereocenters. The zero-order valence-corrected chi connectivity index (χ0v) is 11.4. The van der Waals surface area contributed by atoms with Crippen LogP contribution < -0.4 is 5.32 Å². The summed E-state index contributed by atoms with van der Waals surface area (Å²) in [5, 5.41) is 12.8. The number of hydrogen-bond donors (Lipinski definition) is 2. The molecule has 1 saturated carbocycles. The molecule has 17 heavy (non-hydrogen) atoms. The van der Waals surface area contributed by atoms with Crippen molar-refractivity contribution in [2.75, 3.05) is 12.4 Å². The minimum Gasteiger partial charge on any atom is -0.395 e. The molecule has 0 radical (unpaired) electrons. The van der Waals surface area contributed by atoms with Gasteiger partial charge in [-0.2, -0.15) is 0 Å². The quantitative estimate of drug-likeness (QED) is 0.762. The normalized spacial score (nSPS) is 17.1. The molecule has 3 heteroatoms. The van der Waals surface area contributed by atoms with Gasteiger partial charge in [0.05, 0.1) is 6.61 Å². The molecule has 2 nitrogen and oxygen atoms in total. The summed E-state index contributed by atoms with van der Waals surface area (Å²) in [6, 6.07) is 7.45. The average molecular weight is 251 g/mol. The van der Waals surface area contributed by atoms with Gasteiger partial charge in [0.1, 0.15) is 0 Å². The third-order valence-corrected chi connectivity index (χ3v) is 4.36. The van der Waals surface area contributed by atoms with Crippen LogP contribution in [0.5, 0.6) is 0 Å². The Labute approximate surface area is 108 Å². The fourth-order valence-electron chi connectivity index (χ4n) is 1.74. The van der Waals surface area contributed by atoms with Crippen LogP contribution in [-0.4, -0.2) is 29.5 Å². The first-order valence-corrected chi connectivity index (χ1v) is 7.24. The van der Waals surface area contributed by atoms with Crippen LogP contribution >= 0.6 is 11.8 Å². The molecule has 0 saturated heterocycles. The van der Waals surface area contributed by atoms with Crippen LogP contribution in [0, 0.1) is 13.8 Å². The van der Waals surface area contributed by atoms with Gasteiger partial charge in [0, 0.05) is 22.7 Å². The largest absolute Gasteiger partial charge is 0.395 e. The van der Waals surface area contributed by atoms with Gasteiger partial charge in [-0.1, -0.05) is 6.07 Å². The van der Waals surface area contributed by atoms with Crippen molar-refractivity contribution in [2.24, 2.45) is 0 Å². The second-order valence-electron chi connectivity index (χ2n) is 4.88. The van der Waals surface area contributed by atoms with E-state index in [1.807, 2.05) is 11.8 Å². The van der Waals surface area contributed by atoms with Crippen molar-refractivity contribution in [1.82, 2.24) is 5.32 Å². The van der Waals surface area contributed by atoms with Crippen LogP contribution in [0.2, 0.25) is 0 Å². The third-order valence-electron chi connectivity index (χ3n) is 3.20. The van der Waals surface area contributed by atoms with Crippen molar-refractivity contribution >= 4 is 11.8 Å². The maximum absolute atomic E-state index is 9.30. The molecule has 1 aromatic rings. The molecule has 1 aromatic carbocycles. The van der Waals surface area contributed by atoms with Gasteiger partial charge in [0.15, 0.2) is 0 Å². The number of aliphatic hydroxyl groups excluding tert-OH is 1. The number of aliphatic hydroxyl groups is 1. The lowest BCUT2D eigenvalue weighted by Gasteiger charge is -2.15. The molecular weight excluding hydrogens is 230 g/mol. The zero-order valence-electron chi connectivity index (χ0n) is 10.6. The van der Waals surface area contributed by atoms with Crippen LogP contribution in [0.25, 0.3) is 0 Å². The van der Waals surface area contributed by atoms with E-state index in [2.05, 4.69) is 37.4 Å². The molecule has 1 aliphatic rings. The highest BCUT2D eigenvalue weighted by atomic mass is 32.2. The van der Waals surface area contributed by atoms with E-state index < -0.39 is 0 Å². The van der Waals surface area contributed by atoms with Crippen LogP contribution in [-0.2, 0) is 0 Å². The van der Waals surface area contributed by atoms with Crippen LogP contribution in [0.4, 0.5) is 0 Å².